The zero-order valence-corrected chi connectivity index (χ0v) is 12.1. The number of aryl methyl sites for hydroxylation is 1. The van der Waals surface area contributed by atoms with Crippen molar-refractivity contribution in [2.75, 3.05) is 26.4 Å². The number of benzene rings is 1. The monoisotopic (exact) mass is 264 g/mol. The second-order valence-corrected chi connectivity index (χ2v) is 4.75. The zero-order valence-electron chi connectivity index (χ0n) is 12.1. The van der Waals surface area contributed by atoms with E-state index in [0.717, 1.165) is 24.9 Å². The van der Waals surface area contributed by atoms with Gasteiger partial charge in [0.05, 0.1) is 12.8 Å². The number of hydrogen-bond acceptors (Lipinski definition) is 3. The van der Waals surface area contributed by atoms with E-state index in [4.69, 9.17) is 10.5 Å². The van der Waals surface area contributed by atoms with Crippen LogP contribution in [-0.4, -0.2) is 31.5 Å². The fraction of sp³-hybridized carbons (Fsp3) is 0.533. The lowest BCUT2D eigenvalue weighted by molar-refractivity contribution is -0.129. The van der Waals surface area contributed by atoms with Gasteiger partial charge >= 0.3 is 0 Å². The van der Waals surface area contributed by atoms with Crippen molar-refractivity contribution in [1.82, 2.24) is 4.90 Å². The van der Waals surface area contributed by atoms with E-state index in [-0.39, 0.29) is 5.91 Å². The summed E-state index contributed by atoms with van der Waals surface area (Å²) >= 11 is 0. The van der Waals surface area contributed by atoms with Gasteiger partial charge in [0.25, 0.3) is 0 Å². The number of nitrogen functional groups attached to an aromatic ring is 1. The molecule has 106 valence electrons. The van der Waals surface area contributed by atoms with Gasteiger partial charge < -0.3 is 15.4 Å². The maximum atomic E-state index is 11.9. The van der Waals surface area contributed by atoms with Crippen LogP contribution < -0.4 is 10.5 Å². The first-order valence-corrected chi connectivity index (χ1v) is 6.74. The second-order valence-electron chi connectivity index (χ2n) is 4.75. The van der Waals surface area contributed by atoms with Gasteiger partial charge in [0.1, 0.15) is 5.75 Å². The van der Waals surface area contributed by atoms with Crippen molar-refractivity contribution in [3.8, 4) is 5.75 Å². The van der Waals surface area contributed by atoms with E-state index in [0.29, 0.717) is 24.3 Å². The third-order valence-corrected chi connectivity index (χ3v) is 3.19. The van der Waals surface area contributed by atoms with Crippen LogP contribution in [0.15, 0.2) is 18.2 Å². The Hall–Kier alpha value is -1.71. The molecule has 0 bridgehead atoms. The Balaban J connectivity index is 2.48. The number of nitrogens with zero attached hydrogens (tertiary/aromatic N) is 1. The van der Waals surface area contributed by atoms with E-state index in [1.807, 2.05) is 25.2 Å². The highest BCUT2D eigenvalue weighted by Gasteiger charge is 2.09. The van der Waals surface area contributed by atoms with Gasteiger partial charge in [-0.2, -0.15) is 0 Å². The maximum absolute atomic E-state index is 11.9. The number of hydrogen-bond donors (Lipinski definition) is 1. The maximum Gasteiger partial charge on any atom is 0.222 e. The van der Waals surface area contributed by atoms with Crippen LogP contribution in [0.4, 0.5) is 5.69 Å². The van der Waals surface area contributed by atoms with Crippen molar-refractivity contribution < 1.29 is 9.53 Å². The highest BCUT2D eigenvalue weighted by Crippen LogP contribution is 2.22. The number of rotatable bonds is 7. The summed E-state index contributed by atoms with van der Waals surface area (Å²) in [5, 5.41) is 0. The third kappa shape index (κ3) is 4.81. The van der Waals surface area contributed by atoms with Crippen molar-refractivity contribution in [3.63, 3.8) is 0 Å². The number of nitrogens with two attached hydrogens (primary N) is 1. The molecule has 1 aromatic carbocycles. The fourth-order valence-corrected chi connectivity index (χ4v) is 1.90. The van der Waals surface area contributed by atoms with Gasteiger partial charge in [-0.1, -0.05) is 19.4 Å². The van der Waals surface area contributed by atoms with Crippen LogP contribution in [-0.2, 0) is 11.2 Å². The molecule has 0 aliphatic heterocycles. The number of carbonyl (C=O) groups is 1. The lowest BCUT2D eigenvalue weighted by Gasteiger charge is -2.16. The summed E-state index contributed by atoms with van der Waals surface area (Å²) in [4.78, 5) is 13.7. The molecule has 0 fully saturated rings. The second kappa shape index (κ2) is 7.67. The van der Waals surface area contributed by atoms with Gasteiger partial charge in [0.2, 0.25) is 5.91 Å². The van der Waals surface area contributed by atoms with Gasteiger partial charge in [0, 0.05) is 20.0 Å². The predicted octanol–water partition coefficient (Wildman–Crippen LogP) is 2.47. The topological polar surface area (TPSA) is 55.6 Å². The van der Waals surface area contributed by atoms with Crippen LogP contribution in [0, 0.1) is 0 Å². The summed E-state index contributed by atoms with van der Waals surface area (Å²) in [7, 11) is 3.46. The molecule has 1 amide bonds. The van der Waals surface area contributed by atoms with Gasteiger partial charge in [-0.3, -0.25) is 4.79 Å². The number of ether oxygens (including phenoxy) is 1. The average molecular weight is 264 g/mol. The molecule has 4 nitrogen and oxygen atoms in total. The van der Waals surface area contributed by atoms with Gasteiger partial charge in [-0.05, 0) is 30.5 Å². The molecule has 4 heteroatoms. The Morgan fingerprint density at radius 1 is 1.42 bits per heavy atom. The summed E-state index contributed by atoms with van der Waals surface area (Å²) in [5.41, 5.74) is 7.53. The Morgan fingerprint density at radius 3 is 2.74 bits per heavy atom. The third-order valence-electron chi connectivity index (χ3n) is 3.19. The number of amides is 1. The van der Waals surface area contributed by atoms with Gasteiger partial charge in [0.15, 0.2) is 0 Å². The molecule has 1 rings (SSSR count). The Labute approximate surface area is 115 Å². The molecule has 2 N–H and O–H groups in total. The molecule has 0 spiro atoms. The van der Waals surface area contributed by atoms with E-state index in [2.05, 4.69) is 6.92 Å². The molecule has 0 aromatic heterocycles. The van der Waals surface area contributed by atoms with Crippen LogP contribution in [0.2, 0.25) is 0 Å². The summed E-state index contributed by atoms with van der Waals surface area (Å²) in [6.07, 6.45) is 3.39. The average Bonchev–Trinajstić information content (AvgIpc) is 2.42. The lowest BCUT2D eigenvalue weighted by atomic mass is 10.1. The van der Waals surface area contributed by atoms with Gasteiger partial charge in [-0.25, -0.2) is 0 Å². The van der Waals surface area contributed by atoms with E-state index in [1.54, 1.807) is 12.0 Å². The summed E-state index contributed by atoms with van der Waals surface area (Å²) in [6.45, 7) is 2.96. The fourth-order valence-electron chi connectivity index (χ4n) is 1.90. The molecule has 0 saturated carbocycles. The first-order valence-electron chi connectivity index (χ1n) is 6.74. The lowest BCUT2D eigenvalue weighted by Crippen LogP contribution is -2.27. The highest BCUT2D eigenvalue weighted by atomic mass is 16.5. The minimum absolute atomic E-state index is 0.183. The number of methoxy groups -OCH3 is 1. The molecule has 19 heavy (non-hydrogen) atoms. The number of carbonyl (C=O) groups excluding carboxylic acids is 1. The minimum atomic E-state index is 0.183. The molecule has 0 atom stereocenters. The molecule has 0 radical (unpaired) electrons. The predicted molar refractivity (Wildman–Crippen MR) is 78.3 cm³/mol. The van der Waals surface area contributed by atoms with E-state index >= 15 is 0 Å². The summed E-state index contributed by atoms with van der Waals surface area (Å²) in [5.74, 6) is 0.859. The van der Waals surface area contributed by atoms with Crippen molar-refractivity contribution >= 4 is 11.6 Å². The first-order chi connectivity index (χ1) is 9.08. The number of anilines is 1. The molecule has 1 aromatic rings. The largest absolute Gasteiger partial charge is 0.495 e. The van der Waals surface area contributed by atoms with Crippen LogP contribution in [0.3, 0.4) is 0 Å². The SMILES string of the molecule is CCCCN(C)C(=O)CCc1ccc(OC)c(N)c1. The van der Waals surface area contributed by atoms with Crippen LogP contribution in [0.5, 0.6) is 5.75 Å². The highest BCUT2D eigenvalue weighted by molar-refractivity contribution is 5.76. The Bertz CT molecular complexity index is 419. The van der Waals surface area contributed by atoms with Crippen LogP contribution in [0.1, 0.15) is 31.7 Å². The van der Waals surface area contributed by atoms with Crippen molar-refractivity contribution in [3.05, 3.63) is 23.8 Å². The molecule has 0 heterocycles. The number of unbranched alkanes of at least 4 members (excludes halogenated alkanes) is 1. The van der Waals surface area contributed by atoms with Crippen molar-refractivity contribution in [2.24, 2.45) is 0 Å². The Morgan fingerprint density at radius 2 is 2.16 bits per heavy atom. The standard InChI is InChI=1S/C15H24N2O2/c1-4-5-10-17(2)15(18)9-7-12-6-8-14(19-3)13(16)11-12/h6,8,11H,4-5,7,9-10,16H2,1-3H3. The molecule has 0 aliphatic carbocycles. The summed E-state index contributed by atoms with van der Waals surface area (Å²) < 4.78 is 5.11. The molecule has 0 unspecified atom stereocenters. The molecular formula is C15H24N2O2. The quantitative estimate of drug-likeness (QED) is 0.770. The van der Waals surface area contributed by atoms with Crippen LogP contribution in [0.25, 0.3) is 0 Å². The normalized spacial score (nSPS) is 10.3. The zero-order chi connectivity index (χ0) is 14.3. The van der Waals surface area contributed by atoms with Gasteiger partial charge in [-0.15, -0.1) is 0 Å². The Kier molecular flexibility index (Phi) is 6.19. The van der Waals surface area contributed by atoms with E-state index in [9.17, 15) is 4.79 Å². The van der Waals surface area contributed by atoms with Crippen molar-refractivity contribution in [2.45, 2.75) is 32.6 Å². The first kappa shape index (κ1) is 15.3. The summed E-state index contributed by atoms with van der Waals surface area (Å²) in [6, 6.07) is 5.67. The van der Waals surface area contributed by atoms with E-state index < -0.39 is 0 Å². The smallest absolute Gasteiger partial charge is 0.222 e. The van der Waals surface area contributed by atoms with Crippen molar-refractivity contribution in [1.29, 1.82) is 0 Å². The van der Waals surface area contributed by atoms with E-state index in [1.165, 1.54) is 0 Å². The molecule has 0 saturated heterocycles. The minimum Gasteiger partial charge on any atom is -0.495 e. The molecular weight excluding hydrogens is 240 g/mol. The van der Waals surface area contributed by atoms with Crippen LogP contribution >= 0.6 is 0 Å². The molecule has 0 aliphatic rings.